The fourth-order valence-corrected chi connectivity index (χ4v) is 2.28. The molecule has 0 aliphatic rings. The molecule has 0 saturated heterocycles. The van der Waals surface area contributed by atoms with Gasteiger partial charge < -0.3 is 16.2 Å². The SMILES string of the molecule is CC(O)C(C)SCCC(=O)Nc1ccc(F)c(N)c1. The van der Waals surface area contributed by atoms with Crippen LogP contribution in [0.15, 0.2) is 18.2 Å². The number of carbonyl (C=O) groups excluding carboxylic acids is 1. The van der Waals surface area contributed by atoms with E-state index in [0.29, 0.717) is 17.9 Å². The molecule has 0 saturated carbocycles. The van der Waals surface area contributed by atoms with Gasteiger partial charge in [0.25, 0.3) is 0 Å². The summed E-state index contributed by atoms with van der Waals surface area (Å²) in [6.45, 7) is 3.63. The van der Waals surface area contributed by atoms with Crippen molar-refractivity contribution in [3.05, 3.63) is 24.0 Å². The first kappa shape index (κ1) is 15.8. The van der Waals surface area contributed by atoms with Gasteiger partial charge in [-0.2, -0.15) is 11.8 Å². The zero-order valence-corrected chi connectivity index (χ0v) is 11.8. The molecule has 0 fully saturated rings. The average Bonchev–Trinajstić information content (AvgIpc) is 2.33. The van der Waals surface area contributed by atoms with Gasteiger partial charge in [-0.3, -0.25) is 4.79 Å². The van der Waals surface area contributed by atoms with Crippen molar-refractivity contribution < 1.29 is 14.3 Å². The summed E-state index contributed by atoms with van der Waals surface area (Å²) in [5.74, 6) is -0.0372. The molecule has 0 radical (unpaired) electrons. The molecule has 0 aliphatic heterocycles. The standard InChI is InChI=1S/C13H19FN2O2S/c1-8(17)9(2)19-6-5-13(18)16-10-3-4-11(14)12(15)7-10/h3-4,7-9,17H,5-6,15H2,1-2H3,(H,16,18). The Kier molecular flexibility index (Phi) is 6.11. The molecule has 6 heteroatoms. The van der Waals surface area contributed by atoms with Gasteiger partial charge in [-0.1, -0.05) is 6.92 Å². The number of rotatable bonds is 6. The van der Waals surface area contributed by atoms with Gasteiger partial charge in [-0.05, 0) is 25.1 Å². The van der Waals surface area contributed by atoms with Gasteiger partial charge >= 0.3 is 0 Å². The number of hydrogen-bond donors (Lipinski definition) is 3. The maximum absolute atomic E-state index is 12.9. The number of aliphatic hydroxyl groups is 1. The van der Waals surface area contributed by atoms with Crippen LogP contribution < -0.4 is 11.1 Å². The Hall–Kier alpha value is -1.27. The Morgan fingerprint density at radius 2 is 2.21 bits per heavy atom. The first-order chi connectivity index (χ1) is 8.90. The highest BCUT2D eigenvalue weighted by molar-refractivity contribution is 7.99. The summed E-state index contributed by atoms with van der Waals surface area (Å²) in [6.07, 6.45) is -0.0658. The zero-order valence-electron chi connectivity index (χ0n) is 11.0. The molecule has 0 heterocycles. The van der Waals surface area contributed by atoms with Crippen LogP contribution in [0, 0.1) is 5.82 Å². The smallest absolute Gasteiger partial charge is 0.225 e. The van der Waals surface area contributed by atoms with Crippen molar-refractivity contribution in [1.29, 1.82) is 0 Å². The number of nitrogen functional groups attached to an aromatic ring is 1. The molecule has 2 atom stereocenters. The van der Waals surface area contributed by atoms with E-state index < -0.39 is 11.9 Å². The molecular weight excluding hydrogens is 267 g/mol. The Morgan fingerprint density at radius 3 is 2.79 bits per heavy atom. The fraction of sp³-hybridized carbons (Fsp3) is 0.462. The molecule has 1 aromatic rings. The number of aliphatic hydroxyl groups excluding tert-OH is 1. The molecule has 1 amide bonds. The van der Waals surface area contributed by atoms with Crippen molar-refractivity contribution in [2.75, 3.05) is 16.8 Å². The molecular formula is C13H19FN2O2S. The monoisotopic (exact) mass is 286 g/mol. The minimum absolute atomic E-state index is 0.00917. The van der Waals surface area contributed by atoms with Crippen molar-refractivity contribution in [1.82, 2.24) is 0 Å². The van der Waals surface area contributed by atoms with E-state index in [1.807, 2.05) is 6.92 Å². The number of carbonyl (C=O) groups is 1. The largest absolute Gasteiger partial charge is 0.396 e. The predicted octanol–water partition coefficient (Wildman–Crippen LogP) is 2.24. The van der Waals surface area contributed by atoms with Crippen molar-refractivity contribution >= 4 is 29.0 Å². The minimum atomic E-state index is -0.501. The zero-order chi connectivity index (χ0) is 14.4. The molecule has 106 valence electrons. The summed E-state index contributed by atoms with van der Waals surface area (Å²) in [5, 5.41) is 12.1. The molecule has 1 aromatic carbocycles. The summed E-state index contributed by atoms with van der Waals surface area (Å²) in [4.78, 5) is 11.6. The third kappa shape index (κ3) is 5.48. The van der Waals surface area contributed by atoms with Gasteiger partial charge in [0.15, 0.2) is 0 Å². The normalized spacial score (nSPS) is 13.9. The van der Waals surface area contributed by atoms with E-state index in [-0.39, 0.29) is 16.8 Å². The molecule has 4 nitrogen and oxygen atoms in total. The topological polar surface area (TPSA) is 75.3 Å². The molecule has 2 unspecified atom stereocenters. The van der Waals surface area contributed by atoms with Crippen molar-refractivity contribution in [3.63, 3.8) is 0 Å². The lowest BCUT2D eigenvalue weighted by atomic mass is 10.2. The lowest BCUT2D eigenvalue weighted by Gasteiger charge is -2.13. The molecule has 4 N–H and O–H groups in total. The van der Waals surface area contributed by atoms with Crippen LogP contribution in [0.5, 0.6) is 0 Å². The number of nitrogens with one attached hydrogen (secondary N) is 1. The van der Waals surface area contributed by atoms with E-state index in [0.717, 1.165) is 0 Å². The van der Waals surface area contributed by atoms with Gasteiger partial charge in [0.1, 0.15) is 5.82 Å². The number of anilines is 2. The van der Waals surface area contributed by atoms with E-state index in [9.17, 15) is 14.3 Å². The maximum Gasteiger partial charge on any atom is 0.225 e. The number of amides is 1. The summed E-state index contributed by atoms with van der Waals surface area (Å²) < 4.78 is 12.9. The Balaban J connectivity index is 2.37. The number of hydrogen-bond acceptors (Lipinski definition) is 4. The van der Waals surface area contributed by atoms with Crippen LogP contribution in [0.1, 0.15) is 20.3 Å². The van der Waals surface area contributed by atoms with Gasteiger partial charge in [0, 0.05) is 23.1 Å². The molecule has 19 heavy (non-hydrogen) atoms. The Labute approximate surface area is 116 Å². The summed E-state index contributed by atoms with van der Waals surface area (Å²) >= 11 is 1.53. The average molecular weight is 286 g/mol. The second-order valence-electron chi connectivity index (χ2n) is 4.35. The maximum atomic E-state index is 12.9. The van der Waals surface area contributed by atoms with Crippen molar-refractivity contribution in [2.24, 2.45) is 0 Å². The van der Waals surface area contributed by atoms with E-state index in [1.54, 1.807) is 6.92 Å². The van der Waals surface area contributed by atoms with E-state index >= 15 is 0 Å². The van der Waals surface area contributed by atoms with Crippen LogP contribution in [0.25, 0.3) is 0 Å². The third-order valence-corrected chi connectivity index (χ3v) is 4.03. The highest BCUT2D eigenvalue weighted by Crippen LogP contribution is 2.18. The summed E-state index contributed by atoms with van der Waals surface area (Å²) in [6, 6.07) is 4.07. The molecule has 0 bridgehead atoms. The first-order valence-corrected chi connectivity index (χ1v) is 7.09. The quantitative estimate of drug-likeness (QED) is 0.701. The minimum Gasteiger partial charge on any atom is -0.396 e. The van der Waals surface area contributed by atoms with Crippen LogP contribution in [0.4, 0.5) is 15.8 Å². The number of benzene rings is 1. The van der Waals surface area contributed by atoms with Crippen molar-refractivity contribution in [2.45, 2.75) is 31.6 Å². The predicted molar refractivity (Wildman–Crippen MR) is 77.7 cm³/mol. The lowest BCUT2D eigenvalue weighted by molar-refractivity contribution is -0.115. The van der Waals surface area contributed by atoms with Gasteiger partial charge in [0.05, 0.1) is 11.8 Å². The van der Waals surface area contributed by atoms with E-state index in [1.165, 1.54) is 30.0 Å². The van der Waals surface area contributed by atoms with Crippen molar-refractivity contribution in [3.8, 4) is 0 Å². The Morgan fingerprint density at radius 1 is 1.53 bits per heavy atom. The third-order valence-electron chi connectivity index (χ3n) is 2.67. The fourth-order valence-electron chi connectivity index (χ4n) is 1.32. The molecule has 0 spiro atoms. The van der Waals surface area contributed by atoms with E-state index in [2.05, 4.69) is 5.32 Å². The number of halogens is 1. The second kappa shape index (κ2) is 7.35. The van der Waals surface area contributed by atoms with Gasteiger partial charge in [-0.25, -0.2) is 4.39 Å². The van der Waals surface area contributed by atoms with Crippen LogP contribution in [-0.2, 0) is 4.79 Å². The number of nitrogens with two attached hydrogens (primary N) is 1. The summed E-state index contributed by atoms with van der Waals surface area (Å²) in [5.41, 5.74) is 5.90. The van der Waals surface area contributed by atoms with Gasteiger partial charge in [-0.15, -0.1) is 0 Å². The lowest BCUT2D eigenvalue weighted by Crippen LogP contribution is -2.18. The molecule has 1 rings (SSSR count). The van der Waals surface area contributed by atoms with E-state index in [4.69, 9.17) is 5.73 Å². The van der Waals surface area contributed by atoms with Crippen LogP contribution in [0.2, 0.25) is 0 Å². The summed E-state index contributed by atoms with van der Waals surface area (Å²) in [7, 11) is 0. The highest BCUT2D eigenvalue weighted by Gasteiger charge is 2.10. The van der Waals surface area contributed by atoms with Crippen LogP contribution in [0.3, 0.4) is 0 Å². The molecule has 0 aliphatic carbocycles. The first-order valence-electron chi connectivity index (χ1n) is 6.04. The molecule has 0 aromatic heterocycles. The highest BCUT2D eigenvalue weighted by atomic mass is 32.2. The van der Waals surface area contributed by atoms with Gasteiger partial charge in [0.2, 0.25) is 5.91 Å². The second-order valence-corrected chi connectivity index (χ2v) is 5.84. The Bertz CT molecular complexity index is 441. The number of thioether (sulfide) groups is 1. The van der Waals surface area contributed by atoms with Crippen LogP contribution in [-0.4, -0.2) is 28.1 Å². The van der Waals surface area contributed by atoms with Crippen LogP contribution >= 0.6 is 11.8 Å².